The minimum atomic E-state index is -2.62. The molecule has 1 aromatic heterocycles. The number of thiazole rings is 1. The number of alkyl halides is 2. The van der Waals surface area contributed by atoms with Crippen LogP contribution in [-0.2, 0) is 4.79 Å². The highest BCUT2D eigenvalue weighted by atomic mass is 32.1. The van der Waals surface area contributed by atoms with Gasteiger partial charge in [-0.25, -0.2) is 13.8 Å². The van der Waals surface area contributed by atoms with Gasteiger partial charge in [-0.1, -0.05) is 11.3 Å². The van der Waals surface area contributed by atoms with Gasteiger partial charge < -0.3 is 14.5 Å². The number of anilines is 1. The summed E-state index contributed by atoms with van der Waals surface area (Å²) in [5.74, 6) is -1.91. The second-order valence-corrected chi connectivity index (χ2v) is 7.85. The molecular weight excluding hydrogens is 360 g/mol. The van der Waals surface area contributed by atoms with Gasteiger partial charge in [0.1, 0.15) is 5.75 Å². The standard InChI is InChI=1S/C18H21F2N3O2S/c1-2-25-13-3-4-14-15(9-13)26-17(21-14)23-10-12(11-23)16(24)22-7-5-18(19,20)6-8-22/h3-4,9,12H,2,5-8,10-11H2,1H3. The van der Waals surface area contributed by atoms with E-state index in [1.807, 2.05) is 25.1 Å². The molecule has 1 amide bonds. The number of benzene rings is 1. The number of piperidine rings is 1. The van der Waals surface area contributed by atoms with Crippen molar-refractivity contribution in [2.24, 2.45) is 5.92 Å². The fraction of sp³-hybridized carbons (Fsp3) is 0.556. The largest absolute Gasteiger partial charge is 0.494 e. The number of ether oxygens (including phenoxy) is 1. The number of hydrogen-bond acceptors (Lipinski definition) is 5. The summed E-state index contributed by atoms with van der Waals surface area (Å²) in [4.78, 5) is 20.8. The van der Waals surface area contributed by atoms with Crippen LogP contribution in [0.1, 0.15) is 19.8 Å². The zero-order valence-corrected chi connectivity index (χ0v) is 15.4. The van der Waals surface area contributed by atoms with E-state index in [9.17, 15) is 13.6 Å². The van der Waals surface area contributed by atoms with Gasteiger partial charge in [-0.05, 0) is 25.1 Å². The molecule has 8 heteroatoms. The van der Waals surface area contributed by atoms with Gasteiger partial charge in [-0.3, -0.25) is 4.79 Å². The summed E-state index contributed by atoms with van der Waals surface area (Å²) in [7, 11) is 0. The van der Waals surface area contributed by atoms with E-state index in [4.69, 9.17) is 4.74 Å². The third kappa shape index (κ3) is 3.34. The maximum atomic E-state index is 13.2. The minimum Gasteiger partial charge on any atom is -0.494 e. The highest BCUT2D eigenvalue weighted by Crippen LogP contribution is 2.36. The number of hydrogen-bond donors (Lipinski definition) is 0. The summed E-state index contributed by atoms with van der Waals surface area (Å²) in [5.41, 5.74) is 0.918. The topological polar surface area (TPSA) is 45.7 Å². The van der Waals surface area contributed by atoms with E-state index in [0.717, 1.165) is 21.1 Å². The zero-order chi connectivity index (χ0) is 18.3. The molecule has 2 aliphatic rings. The Balaban J connectivity index is 1.37. The molecule has 0 spiro atoms. The lowest BCUT2D eigenvalue weighted by Gasteiger charge is -2.42. The molecule has 0 atom stereocenters. The summed E-state index contributed by atoms with van der Waals surface area (Å²) in [5, 5.41) is 0.892. The van der Waals surface area contributed by atoms with Crippen LogP contribution >= 0.6 is 11.3 Å². The summed E-state index contributed by atoms with van der Waals surface area (Å²) in [6.07, 6.45) is -0.454. The number of aromatic nitrogens is 1. The number of amides is 1. The molecule has 0 N–H and O–H groups in total. The normalized spacial score (nSPS) is 20.3. The monoisotopic (exact) mass is 381 g/mol. The van der Waals surface area contributed by atoms with Gasteiger partial charge in [0.2, 0.25) is 5.91 Å². The van der Waals surface area contributed by atoms with Gasteiger partial charge in [0, 0.05) is 39.0 Å². The Morgan fingerprint density at radius 1 is 1.35 bits per heavy atom. The van der Waals surface area contributed by atoms with Crippen molar-refractivity contribution in [1.29, 1.82) is 0 Å². The summed E-state index contributed by atoms with van der Waals surface area (Å²) >= 11 is 1.58. The van der Waals surface area contributed by atoms with E-state index in [2.05, 4.69) is 9.88 Å². The highest BCUT2D eigenvalue weighted by molar-refractivity contribution is 7.22. The Kier molecular flexibility index (Phi) is 4.46. The first-order chi connectivity index (χ1) is 12.4. The predicted molar refractivity (Wildman–Crippen MR) is 97.3 cm³/mol. The fourth-order valence-corrected chi connectivity index (χ4v) is 4.40. The number of likely N-dealkylation sites (tertiary alicyclic amines) is 1. The van der Waals surface area contributed by atoms with E-state index in [0.29, 0.717) is 19.7 Å². The van der Waals surface area contributed by atoms with Crippen molar-refractivity contribution < 1.29 is 18.3 Å². The number of rotatable bonds is 4. The molecule has 5 nitrogen and oxygen atoms in total. The minimum absolute atomic E-state index is 0.00325. The van der Waals surface area contributed by atoms with Crippen LogP contribution in [0.15, 0.2) is 18.2 Å². The number of carbonyl (C=O) groups is 1. The molecule has 2 fully saturated rings. The van der Waals surface area contributed by atoms with E-state index < -0.39 is 5.92 Å². The molecule has 140 valence electrons. The Morgan fingerprint density at radius 3 is 2.77 bits per heavy atom. The van der Waals surface area contributed by atoms with Crippen molar-refractivity contribution in [2.45, 2.75) is 25.7 Å². The third-order valence-corrected chi connectivity index (χ3v) is 6.05. The van der Waals surface area contributed by atoms with Crippen LogP contribution in [0.25, 0.3) is 10.2 Å². The van der Waals surface area contributed by atoms with Gasteiger partial charge >= 0.3 is 0 Å². The number of fused-ring (bicyclic) bond motifs is 1. The SMILES string of the molecule is CCOc1ccc2nc(N3CC(C(=O)N4CCC(F)(F)CC4)C3)sc2c1. The molecular formula is C18H21F2N3O2S. The van der Waals surface area contributed by atoms with Gasteiger partial charge in [0.05, 0.1) is 22.7 Å². The van der Waals surface area contributed by atoms with E-state index in [1.54, 1.807) is 16.2 Å². The number of carbonyl (C=O) groups excluding carboxylic acids is 1. The molecule has 0 radical (unpaired) electrons. The van der Waals surface area contributed by atoms with Gasteiger partial charge in [0.15, 0.2) is 5.13 Å². The second kappa shape index (κ2) is 6.64. The Hall–Kier alpha value is -1.96. The summed E-state index contributed by atoms with van der Waals surface area (Å²) < 4.78 is 33.0. The first kappa shape index (κ1) is 17.5. The van der Waals surface area contributed by atoms with Crippen LogP contribution < -0.4 is 9.64 Å². The van der Waals surface area contributed by atoms with Gasteiger partial charge in [-0.15, -0.1) is 0 Å². The molecule has 4 rings (SSSR count). The van der Waals surface area contributed by atoms with Crippen molar-refractivity contribution >= 4 is 32.6 Å². The van der Waals surface area contributed by atoms with Crippen molar-refractivity contribution in [2.75, 3.05) is 37.7 Å². The molecule has 0 aliphatic carbocycles. The second-order valence-electron chi connectivity index (χ2n) is 6.84. The molecule has 2 aliphatic heterocycles. The molecule has 3 heterocycles. The smallest absolute Gasteiger partial charge is 0.251 e. The van der Waals surface area contributed by atoms with Gasteiger partial charge in [-0.2, -0.15) is 0 Å². The maximum Gasteiger partial charge on any atom is 0.251 e. The van der Waals surface area contributed by atoms with Crippen molar-refractivity contribution in [3.8, 4) is 5.75 Å². The summed E-state index contributed by atoms with van der Waals surface area (Å²) in [6, 6.07) is 5.83. The van der Waals surface area contributed by atoms with Crippen LogP contribution in [0.2, 0.25) is 0 Å². The van der Waals surface area contributed by atoms with Crippen molar-refractivity contribution in [1.82, 2.24) is 9.88 Å². The Labute approximate surface area is 154 Å². The first-order valence-electron chi connectivity index (χ1n) is 8.90. The molecule has 0 unspecified atom stereocenters. The highest BCUT2D eigenvalue weighted by Gasteiger charge is 2.41. The van der Waals surface area contributed by atoms with Crippen LogP contribution in [0.5, 0.6) is 5.75 Å². The summed E-state index contributed by atoms with van der Waals surface area (Å²) in [6.45, 7) is 4.08. The average molecular weight is 381 g/mol. The number of halogens is 2. The Bertz CT molecular complexity index is 810. The first-order valence-corrected chi connectivity index (χ1v) is 9.72. The molecule has 26 heavy (non-hydrogen) atoms. The average Bonchev–Trinajstić information content (AvgIpc) is 2.96. The van der Waals surface area contributed by atoms with Crippen LogP contribution in [-0.4, -0.2) is 54.5 Å². The molecule has 2 aromatic rings. The lowest BCUT2D eigenvalue weighted by molar-refractivity contribution is -0.142. The molecule has 2 saturated heterocycles. The van der Waals surface area contributed by atoms with Crippen molar-refractivity contribution in [3.05, 3.63) is 18.2 Å². The lowest BCUT2D eigenvalue weighted by Crippen LogP contribution is -2.56. The molecule has 0 bridgehead atoms. The van der Waals surface area contributed by atoms with Crippen LogP contribution in [0.4, 0.5) is 13.9 Å². The van der Waals surface area contributed by atoms with E-state index in [-0.39, 0.29) is 37.8 Å². The number of nitrogens with zero attached hydrogens (tertiary/aromatic N) is 3. The fourth-order valence-electron chi connectivity index (χ4n) is 3.39. The van der Waals surface area contributed by atoms with E-state index >= 15 is 0 Å². The Morgan fingerprint density at radius 2 is 2.08 bits per heavy atom. The van der Waals surface area contributed by atoms with Crippen LogP contribution in [0.3, 0.4) is 0 Å². The molecule has 1 aromatic carbocycles. The quantitative estimate of drug-likeness (QED) is 0.815. The maximum absolute atomic E-state index is 13.2. The van der Waals surface area contributed by atoms with Crippen LogP contribution in [0, 0.1) is 5.92 Å². The third-order valence-electron chi connectivity index (χ3n) is 4.97. The zero-order valence-electron chi connectivity index (χ0n) is 14.6. The van der Waals surface area contributed by atoms with E-state index in [1.165, 1.54) is 0 Å². The predicted octanol–water partition coefficient (Wildman–Crippen LogP) is 3.39. The van der Waals surface area contributed by atoms with Gasteiger partial charge in [0.25, 0.3) is 5.92 Å². The van der Waals surface area contributed by atoms with Crippen molar-refractivity contribution in [3.63, 3.8) is 0 Å². The lowest BCUT2D eigenvalue weighted by atomic mass is 9.97. The molecule has 0 saturated carbocycles.